The van der Waals surface area contributed by atoms with Crippen LogP contribution in [0.5, 0.6) is 0 Å². The van der Waals surface area contributed by atoms with Crippen LogP contribution in [-0.4, -0.2) is 37.0 Å². The Bertz CT molecular complexity index is 367. The molecule has 0 amide bonds. The number of nitrogens with two attached hydrogens (primary N) is 1. The van der Waals surface area contributed by atoms with Crippen LogP contribution in [0.15, 0.2) is 30.3 Å². The molecule has 1 rings (SSSR count). The van der Waals surface area contributed by atoms with Crippen LogP contribution in [0.1, 0.15) is 31.9 Å². The molecule has 4 heteroatoms. The summed E-state index contributed by atoms with van der Waals surface area (Å²) in [4.78, 5) is 2.31. The lowest BCUT2D eigenvalue weighted by molar-refractivity contribution is 0.0977. The van der Waals surface area contributed by atoms with E-state index in [1.807, 2.05) is 25.1 Å². The maximum Gasteiger partial charge on any atom is 0.0924 e. The van der Waals surface area contributed by atoms with Gasteiger partial charge in [-0.05, 0) is 19.0 Å². The molecule has 1 aromatic rings. The van der Waals surface area contributed by atoms with Gasteiger partial charge in [-0.1, -0.05) is 37.3 Å². The van der Waals surface area contributed by atoms with Crippen molar-refractivity contribution in [1.82, 2.24) is 4.90 Å². The second kappa shape index (κ2) is 8.67. The Morgan fingerprint density at radius 2 is 2.00 bits per heavy atom. The highest BCUT2D eigenvalue weighted by Gasteiger charge is 2.19. The monoisotopic (exact) mass is 263 g/mol. The average molecular weight is 263 g/mol. The molecule has 106 valence electrons. The molecule has 0 aliphatic rings. The number of likely N-dealkylation sites (N-methyl/N-ethyl adjacent to an activating group) is 1. The molecule has 0 aliphatic heterocycles. The summed E-state index contributed by atoms with van der Waals surface area (Å²) in [6, 6.07) is 10.4. The molecule has 4 nitrogen and oxygen atoms in total. The van der Waals surface area contributed by atoms with Gasteiger partial charge in [-0.2, -0.15) is 0 Å². The molecule has 0 aromatic heterocycles. The Balaban J connectivity index is 2.78. The molecule has 0 bridgehead atoms. The van der Waals surface area contributed by atoms with E-state index >= 15 is 0 Å². The van der Waals surface area contributed by atoms with Crippen LogP contribution in [0.2, 0.25) is 0 Å². The van der Waals surface area contributed by atoms with E-state index < -0.39 is 0 Å². The Morgan fingerprint density at radius 1 is 1.32 bits per heavy atom. The number of nitrogens with one attached hydrogen (secondary N) is 1. The van der Waals surface area contributed by atoms with E-state index in [4.69, 9.17) is 15.9 Å². The highest BCUT2D eigenvalue weighted by Crippen LogP contribution is 2.23. The fourth-order valence-corrected chi connectivity index (χ4v) is 2.20. The molecular formula is C15H25N3O. The van der Waals surface area contributed by atoms with Gasteiger partial charge in [0.2, 0.25) is 0 Å². The number of ether oxygens (including phenoxy) is 1. The maximum absolute atomic E-state index is 7.58. The third-order valence-corrected chi connectivity index (χ3v) is 3.17. The first-order valence-corrected chi connectivity index (χ1v) is 6.88. The summed E-state index contributed by atoms with van der Waals surface area (Å²) < 4.78 is 5.43. The zero-order valence-electron chi connectivity index (χ0n) is 11.9. The van der Waals surface area contributed by atoms with Crippen LogP contribution in [0.25, 0.3) is 0 Å². The van der Waals surface area contributed by atoms with Gasteiger partial charge in [0, 0.05) is 25.6 Å². The van der Waals surface area contributed by atoms with Crippen molar-refractivity contribution in [3.8, 4) is 0 Å². The average Bonchev–Trinajstić information content (AvgIpc) is 2.42. The topological polar surface area (TPSA) is 62.3 Å². The van der Waals surface area contributed by atoms with Crippen LogP contribution in [-0.2, 0) is 4.74 Å². The lowest BCUT2D eigenvalue weighted by atomic mass is 10.0. The quantitative estimate of drug-likeness (QED) is 0.408. The van der Waals surface area contributed by atoms with E-state index in [0.29, 0.717) is 13.0 Å². The van der Waals surface area contributed by atoms with Gasteiger partial charge in [0.25, 0.3) is 0 Å². The van der Waals surface area contributed by atoms with Crippen LogP contribution in [0.4, 0.5) is 0 Å². The van der Waals surface area contributed by atoms with E-state index in [1.165, 1.54) is 5.56 Å². The van der Waals surface area contributed by atoms with Crippen molar-refractivity contribution >= 4 is 5.84 Å². The third-order valence-electron chi connectivity index (χ3n) is 3.17. The molecule has 0 saturated carbocycles. The van der Waals surface area contributed by atoms with Crippen LogP contribution < -0.4 is 5.73 Å². The first kappa shape index (κ1) is 15.7. The van der Waals surface area contributed by atoms with Crippen molar-refractivity contribution in [2.75, 3.05) is 26.3 Å². The van der Waals surface area contributed by atoms with E-state index in [0.717, 1.165) is 19.7 Å². The van der Waals surface area contributed by atoms with Crippen LogP contribution >= 0.6 is 0 Å². The predicted molar refractivity (Wildman–Crippen MR) is 79.5 cm³/mol. The fourth-order valence-electron chi connectivity index (χ4n) is 2.20. The predicted octanol–water partition coefficient (Wildman–Crippen LogP) is 2.41. The third kappa shape index (κ3) is 5.41. The Kier molecular flexibility index (Phi) is 7.15. The van der Waals surface area contributed by atoms with Gasteiger partial charge in [-0.25, -0.2) is 0 Å². The van der Waals surface area contributed by atoms with Crippen molar-refractivity contribution in [2.24, 2.45) is 5.73 Å². The Labute approximate surface area is 116 Å². The molecule has 1 unspecified atom stereocenters. The van der Waals surface area contributed by atoms with E-state index in [9.17, 15) is 0 Å². The van der Waals surface area contributed by atoms with Gasteiger partial charge in [0.1, 0.15) is 0 Å². The number of amidine groups is 1. The SMILES string of the molecule is CCOCCN(CC)C(CC(=N)N)c1ccccc1. The molecule has 0 fully saturated rings. The minimum Gasteiger partial charge on any atom is -0.388 e. The van der Waals surface area contributed by atoms with Crippen molar-refractivity contribution in [3.05, 3.63) is 35.9 Å². The zero-order valence-corrected chi connectivity index (χ0v) is 11.9. The molecule has 1 aromatic carbocycles. The van der Waals surface area contributed by atoms with Crippen molar-refractivity contribution < 1.29 is 4.74 Å². The van der Waals surface area contributed by atoms with E-state index in [-0.39, 0.29) is 11.9 Å². The number of rotatable bonds is 9. The Morgan fingerprint density at radius 3 is 2.53 bits per heavy atom. The molecule has 19 heavy (non-hydrogen) atoms. The molecule has 3 N–H and O–H groups in total. The fraction of sp³-hybridized carbons (Fsp3) is 0.533. The van der Waals surface area contributed by atoms with Gasteiger partial charge in [0.15, 0.2) is 0 Å². The van der Waals surface area contributed by atoms with Gasteiger partial charge < -0.3 is 10.5 Å². The van der Waals surface area contributed by atoms with E-state index in [1.54, 1.807) is 0 Å². The van der Waals surface area contributed by atoms with Crippen molar-refractivity contribution in [1.29, 1.82) is 5.41 Å². The normalized spacial score (nSPS) is 12.6. The summed E-state index contributed by atoms with van der Waals surface area (Å²) in [6.45, 7) is 7.35. The zero-order chi connectivity index (χ0) is 14.1. The highest BCUT2D eigenvalue weighted by atomic mass is 16.5. The number of benzene rings is 1. The van der Waals surface area contributed by atoms with Gasteiger partial charge in [-0.15, -0.1) is 0 Å². The van der Waals surface area contributed by atoms with Crippen molar-refractivity contribution in [2.45, 2.75) is 26.3 Å². The van der Waals surface area contributed by atoms with Crippen LogP contribution in [0.3, 0.4) is 0 Å². The summed E-state index contributed by atoms with van der Waals surface area (Å²) in [7, 11) is 0. The summed E-state index contributed by atoms with van der Waals surface area (Å²) >= 11 is 0. The molecule has 0 radical (unpaired) electrons. The molecule has 0 saturated heterocycles. The highest BCUT2D eigenvalue weighted by molar-refractivity contribution is 5.77. The lowest BCUT2D eigenvalue weighted by Gasteiger charge is -2.30. The molecule has 0 spiro atoms. The summed E-state index contributed by atoms with van der Waals surface area (Å²) in [6.07, 6.45) is 0.560. The van der Waals surface area contributed by atoms with E-state index in [2.05, 4.69) is 24.0 Å². The molecular weight excluding hydrogens is 238 g/mol. The van der Waals surface area contributed by atoms with Gasteiger partial charge in [0.05, 0.1) is 12.4 Å². The second-order valence-corrected chi connectivity index (χ2v) is 4.48. The smallest absolute Gasteiger partial charge is 0.0924 e. The minimum absolute atomic E-state index is 0.157. The van der Waals surface area contributed by atoms with Gasteiger partial charge >= 0.3 is 0 Å². The maximum atomic E-state index is 7.58. The first-order valence-electron chi connectivity index (χ1n) is 6.88. The summed E-state index contributed by atoms with van der Waals surface area (Å²) in [5.74, 6) is 0.226. The first-order chi connectivity index (χ1) is 9.19. The summed E-state index contributed by atoms with van der Waals surface area (Å²) in [5.41, 5.74) is 6.81. The second-order valence-electron chi connectivity index (χ2n) is 4.48. The van der Waals surface area contributed by atoms with Crippen molar-refractivity contribution in [3.63, 3.8) is 0 Å². The summed E-state index contributed by atoms with van der Waals surface area (Å²) in [5, 5.41) is 7.58. The van der Waals surface area contributed by atoms with Gasteiger partial charge in [-0.3, -0.25) is 10.3 Å². The standard InChI is InChI=1S/C15H25N3O/c1-3-18(10-11-19-4-2)14(12-15(16)17)13-8-6-5-7-9-13/h5-9,14H,3-4,10-12H2,1-2H3,(H3,16,17). The number of hydrogen-bond acceptors (Lipinski definition) is 3. The molecule has 1 atom stereocenters. The Hall–Kier alpha value is -1.39. The number of hydrogen-bond donors (Lipinski definition) is 2. The largest absolute Gasteiger partial charge is 0.388 e. The molecule has 0 aliphatic carbocycles. The molecule has 0 heterocycles. The van der Waals surface area contributed by atoms with Crippen LogP contribution in [0, 0.1) is 5.41 Å². The lowest BCUT2D eigenvalue weighted by Crippen LogP contribution is -2.34. The minimum atomic E-state index is 0.157. The number of nitrogens with zero attached hydrogens (tertiary/aromatic N) is 1.